The maximum atomic E-state index is 9.90. The van der Waals surface area contributed by atoms with Crippen LogP contribution in [0.15, 0.2) is 60.7 Å². The summed E-state index contributed by atoms with van der Waals surface area (Å²) in [6.45, 7) is 2.05. The van der Waals surface area contributed by atoms with Crippen LogP contribution in [0, 0.1) is 34.0 Å². The van der Waals surface area contributed by atoms with Crippen LogP contribution in [-0.2, 0) is 6.42 Å². The Balaban J connectivity index is 2.07. The maximum absolute atomic E-state index is 9.90. The van der Waals surface area contributed by atoms with E-state index in [9.17, 15) is 15.8 Å². The van der Waals surface area contributed by atoms with Gasteiger partial charge in [0.2, 0.25) is 0 Å². The van der Waals surface area contributed by atoms with Gasteiger partial charge in [-0.25, -0.2) is 4.98 Å². The zero-order valence-corrected chi connectivity index (χ0v) is 18.8. The second-order valence-electron chi connectivity index (χ2n) is 6.81. The minimum absolute atomic E-state index is 0.00625. The van der Waals surface area contributed by atoms with Crippen LogP contribution in [0.5, 0.6) is 0 Å². The van der Waals surface area contributed by atoms with Gasteiger partial charge in [-0.1, -0.05) is 67.6 Å². The molecule has 0 aliphatic heterocycles. The van der Waals surface area contributed by atoms with Crippen molar-refractivity contribution in [2.45, 2.75) is 13.3 Å². The second kappa shape index (κ2) is 9.41. The third-order valence-electron chi connectivity index (χ3n) is 4.90. The van der Waals surface area contributed by atoms with Crippen LogP contribution < -0.4 is 9.20 Å². The molecule has 0 aliphatic carbocycles. The van der Waals surface area contributed by atoms with Crippen molar-refractivity contribution < 1.29 is 0 Å². The molecule has 4 nitrogen and oxygen atoms in total. The number of thiazole rings is 1. The lowest BCUT2D eigenvalue weighted by atomic mass is 10.00. The molecule has 0 N–H and O–H groups in total. The van der Waals surface area contributed by atoms with Crippen molar-refractivity contribution >= 4 is 34.3 Å². The summed E-state index contributed by atoms with van der Waals surface area (Å²) in [7, 11) is 0. The number of rotatable bonds is 4. The first-order valence-electron chi connectivity index (χ1n) is 9.89. The molecule has 4 rings (SSSR count). The lowest BCUT2D eigenvalue weighted by Crippen LogP contribution is -2.01. The van der Waals surface area contributed by atoms with E-state index in [1.165, 1.54) is 11.3 Å². The highest BCUT2D eigenvalue weighted by molar-refractivity contribution is 7.14. The molecule has 2 heterocycles. The molecule has 6 heteroatoms. The smallest absolute Gasteiger partial charge is 0.165 e. The first-order chi connectivity index (χ1) is 15.7. The van der Waals surface area contributed by atoms with Gasteiger partial charge in [-0.15, -0.1) is 22.7 Å². The van der Waals surface area contributed by atoms with Crippen LogP contribution in [-0.4, -0.2) is 4.98 Å². The minimum atomic E-state index is -0.00625. The summed E-state index contributed by atoms with van der Waals surface area (Å²) >= 11 is 2.91. The molecule has 32 heavy (non-hydrogen) atoms. The van der Waals surface area contributed by atoms with Gasteiger partial charge in [0.25, 0.3) is 0 Å². The average molecular weight is 449 g/mol. The Bertz CT molecular complexity index is 1510. The number of benzene rings is 2. The summed E-state index contributed by atoms with van der Waals surface area (Å²) in [4.78, 5) is 6.63. The predicted octanol–water partition coefficient (Wildman–Crippen LogP) is 5.00. The van der Waals surface area contributed by atoms with E-state index in [2.05, 4.69) is 11.1 Å². The molecule has 0 unspecified atom stereocenters. The highest BCUT2D eigenvalue weighted by atomic mass is 32.1. The van der Waals surface area contributed by atoms with Gasteiger partial charge in [-0.3, -0.25) is 0 Å². The number of hydrogen-bond acceptors (Lipinski definition) is 6. The molecule has 0 spiro atoms. The largest absolute Gasteiger partial charge is 0.234 e. The quantitative estimate of drug-likeness (QED) is 0.440. The van der Waals surface area contributed by atoms with Gasteiger partial charge in [0.1, 0.15) is 22.9 Å². The molecule has 0 radical (unpaired) electrons. The summed E-state index contributed by atoms with van der Waals surface area (Å²) in [6, 6.07) is 25.9. The van der Waals surface area contributed by atoms with Gasteiger partial charge in [0.15, 0.2) is 5.57 Å². The van der Waals surface area contributed by atoms with Gasteiger partial charge in [-0.2, -0.15) is 15.8 Å². The van der Waals surface area contributed by atoms with Gasteiger partial charge < -0.3 is 0 Å². The molecule has 4 aromatic rings. The summed E-state index contributed by atoms with van der Waals surface area (Å²) in [5, 5.41) is 28.6. The molecule has 2 aromatic carbocycles. The van der Waals surface area contributed by atoms with Crippen molar-refractivity contribution in [3.63, 3.8) is 0 Å². The van der Waals surface area contributed by atoms with E-state index in [1.54, 1.807) is 11.3 Å². The van der Waals surface area contributed by atoms with Crippen LogP contribution in [0.4, 0.5) is 0 Å². The number of hydrogen-bond donors (Lipinski definition) is 0. The molecule has 0 atom stereocenters. The highest BCUT2D eigenvalue weighted by Gasteiger charge is 2.18. The zero-order chi connectivity index (χ0) is 22.5. The molecule has 0 aliphatic rings. The van der Waals surface area contributed by atoms with Gasteiger partial charge in [0, 0.05) is 20.9 Å². The van der Waals surface area contributed by atoms with Gasteiger partial charge >= 0.3 is 0 Å². The molecule has 0 fully saturated rings. The minimum Gasteiger partial charge on any atom is -0.234 e. The van der Waals surface area contributed by atoms with E-state index in [0.29, 0.717) is 10.2 Å². The summed E-state index contributed by atoms with van der Waals surface area (Å²) in [5.41, 5.74) is 4.21. The fourth-order valence-electron chi connectivity index (χ4n) is 3.44. The van der Waals surface area contributed by atoms with Gasteiger partial charge in [0.05, 0.1) is 15.8 Å². The Labute approximate surface area is 193 Å². The van der Waals surface area contributed by atoms with Crippen LogP contribution in [0.3, 0.4) is 0 Å². The van der Waals surface area contributed by atoms with Crippen molar-refractivity contribution in [2.75, 3.05) is 0 Å². The van der Waals surface area contributed by atoms with Crippen LogP contribution in [0.1, 0.15) is 22.2 Å². The van der Waals surface area contributed by atoms with E-state index < -0.39 is 0 Å². The maximum Gasteiger partial charge on any atom is 0.165 e. The standard InChI is InChI=1S/C26H16N4S2/c1-2-21-20(16-29)24(17-9-5-3-6-10-17)22(31-21)13-23-25(18-11-7-4-8-12-18)30-26(32-23)19(14-27)15-28/h3-13H,2H2,1H3. The zero-order valence-electron chi connectivity index (χ0n) is 17.2. The number of nitriles is 3. The summed E-state index contributed by atoms with van der Waals surface area (Å²) in [5.74, 6) is 0. The summed E-state index contributed by atoms with van der Waals surface area (Å²) < 4.78 is 1.24. The Morgan fingerprint density at radius 1 is 0.906 bits per heavy atom. The molecule has 0 saturated heterocycles. The Morgan fingerprint density at radius 2 is 1.53 bits per heavy atom. The van der Waals surface area contributed by atoms with Crippen molar-refractivity contribution in [3.05, 3.63) is 85.2 Å². The van der Waals surface area contributed by atoms with Crippen LogP contribution in [0.25, 0.3) is 34.0 Å². The number of aryl methyl sites for hydroxylation is 1. The number of aromatic nitrogens is 1. The average Bonchev–Trinajstić information content (AvgIpc) is 3.42. The van der Waals surface area contributed by atoms with Crippen molar-refractivity contribution in [3.8, 4) is 40.6 Å². The van der Waals surface area contributed by atoms with E-state index >= 15 is 0 Å². The Kier molecular flexibility index (Phi) is 6.24. The number of nitrogens with zero attached hydrogens (tertiary/aromatic N) is 4. The third-order valence-corrected chi connectivity index (χ3v) is 7.20. The van der Waals surface area contributed by atoms with Crippen LogP contribution in [0.2, 0.25) is 0 Å². The van der Waals surface area contributed by atoms with Crippen molar-refractivity contribution in [1.29, 1.82) is 15.8 Å². The van der Waals surface area contributed by atoms with E-state index in [0.717, 1.165) is 43.1 Å². The van der Waals surface area contributed by atoms with Crippen molar-refractivity contribution in [1.82, 2.24) is 4.98 Å². The van der Waals surface area contributed by atoms with Gasteiger partial charge in [-0.05, 0) is 18.1 Å². The van der Waals surface area contributed by atoms with Crippen LogP contribution >= 0.6 is 22.7 Å². The molecule has 152 valence electrons. The first-order valence-corrected chi connectivity index (χ1v) is 11.5. The molecule has 0 amide bonds. The lowest BCUT2D eigenvalue weighted by molar-refractivity contribution is 1.18. The number of thiophene rings is 1. The van der Waals surface area contributed by atoms with E-state index in [-0.39, 0.29) is 5.57 Å². The molecule has 0 bridgehead atoms. The first kappa shape index (κ1) is 21.2. The Hall–Kier alpha value is -4.02. The Morgan fingerprint density at radius 3 is 2.09 bits per heavy atom. The molecular weight excluding hydrogens is 432 g/mol. The van der Waals surface area contributed by atoms with Crippen molar-refractivity contribution in [2.24, 2.45) is 0 Å². The topological polar surface area (TPSA) is 84.3 Å². The monoisotopic (exact) mass is 448 g/mol. The summed E-state index contributed by atoms with van der Waals surface area (Å²) in [6.07, 6.45) is 2.80. The predicted molar refractivity (Wildman–Crippen MR) is 129 cm³/mol. The highest BCUT2D eigenvalue weighted by Crippen LogP contribution is 2.37. The normalized spacial score (nSPS) is 10.9. The fraction of sp³-hybridized carbons (Fsp3) is 0.0769. The SMILES string of the molecule is CCc1sc(C=c2sc(=C(C#N)C#N)nc2-c2ccccc2)c(-c2ccccc2)c1C#N. The van der Waals surface area contributed by atoms with E-state index in [4.69, 9.17) is 0 Å². The molecular formula is C26H16N4S2. The second-order valence-corrected chi connectivity index (χ2v) is 8.98. The third kappa shape index (κ3) is 3.96. The lowest BCUT2D eigenvalue weighted by Gasteiger charge is -2.02. The van der Waals surface area contributed by atoms with E-state index in [1.807, 2.05) is 85.8 Å². The fourth-order valence-corrected chi connectivity index (χ4v) is 5.65. The molecule has 0 saturated carbocycles. The molecule has 2 aromatic heterocycles.